The number of methoxy groups -OCH3 is 2. The van der Waals surface area contributed by atoms with Crippen molar-refractivity contribution < 1.29 is 14.3 Å². The van der Waals surface area contributed by atoms with E-state index in [9.17, 15) is 4.79 Å². The third-order valence-electron chi connectivity index (χ3n) is 3.25. The summed E-state index contributed by atoms with van der Waals surface area (Å²) >= 11 is 0. The predicted octanol–water partition coefficient (Wildman–Crippen LogP) is 3.66. The van der Waals surface area contributed by atoms with E-state index in [1.54, 1.807) is 20.3 Å². The van der Waals surface area contributed by atoms with Crippen molar-refractivity contribution in [3.8, 4) is 11.5 Å². The topological polar surface area (TPSA) is 47.6 Å². The molecule has 0 spiro atoms. The number of ether oxygens (including phenoxy) is 2. The molecule has 0 saturated heterocycles. The van der Waals surface area contributed by atoms with Crippen molar-refractivity contribution in [3.05, 3.63) is 59.7 Å². The largest absolute Gasteiger partial charge is 0.493 e. The van der Waals surface area contributed by atoms with Gasteiger partial charge in [-0.1, -0.05) is 30.3 Å². The Morgan fingerprint density at radius 1 is 1.05 bits per heavy atom. The zero-order chi connectivity index (χ0) is 15.9. The van der Waals surface area contributed by atoms with Crippen LogP contribution in [-0.4, -0.2) is 20.1 Å². The van der Waals surface area contributed by atoms with Crippen molar-refractivity contribution >= 4 is 17.7 Å². The number of carbonyl (C=O) groups excluding carboxylic acids is 1. The number of hydrogen-bond acceptors (Lipinski definition) is 3. The Hall–Kier alpha value is -2.75. The molecule has 0 unspecified atom stereocenters. The lowest BCUT2D eigenvalue weighted by Crippen LogP contribution is -2.08. The molecule has 0 heterocycles. The highest BCUT2D eigenvalue weighted by molar-refractivity contribution is 6.02. The molecule has 0 saturated carbocycles. The number of amides is 1. The smallest absolute Gasteiger partial charge is 0.248 e. The maximum Gasteiger partial charge on any atom is 0.248 e. The molecule has 4 heteroatoms. The normalized spacial score (nSPS) is 10.5. The lowest BCUT2D eigenvalue weighted by molar-refractivity contribution is -0.111. The zero-order valence-corrected chi connectivity index (χ0v) is 12.9. The SMILES string of the molecule is COc1cccc(C=CC(=O)Nc2ccccc2C)c1OC. The van der Waals surface area contributed by atoms with Gasteiger partial charge in [-0.05, 0) is 30.7 Å². The average molecular weight is 297 g/mol. The van der Waals surface area contributed by atoms with E-state index in [-0.39, 0.29) is 5.91 Å². The van der Waals surface area contributed by atoms with E-state index < -0.39 is 0 Å². The van der Waals surface area contributed by atoms with E-state index in [0.717, 1.165) is 16.8 Å². The van der Waals surface area contributed by atoms with Crippen LogP contribution in [0.4, 0.5) is 5.69 Å². The van der Waals surface area contributed by atoms with Crippen molar-refractivity contribution in [1.82, 2.24) is 0 Å². The van der Waals surface area contributed by atoms with Gasteiger partial charge in [-0.15, -0.1) is 0 Å². The van der Waals surface area contributed by atoms with Crippen LogP contribution in [0.2, 0.25) is 0 Å². The Labute approximate surface area is 130 Å². The first-order chi connectivity index (χ1) is 10.7. The fourth-order valence-electron chi connectivity index (χ4n) is 2.10. The molecule has 2 aromatic carbocycles. The molecule has 0 aliphatic heterocycles. The van der Waals surface area contributed by atoms with Crippen LogP contribution in [0.3, 0.4) is 0 Å². The summed E-state index contributed by atoms with van der Waals surface area (Å²) in [7, 11) is 3.15. The maximum atomic E-state index is 12.0. The summed E-state index contributed by atoms with van der Waals surface area (Å²) in [6.07, 6.45) is 3.18. The zero-order valence-electron chi connectivity index (χ0n) is 12.9. The van der Waals surface area contributed by atoms with E-state index in [0.29, 0.717) is 11.5 Å². The number of anilines is 1. The van der Waals surface area contributed by atoms with Gasteiger partial charge in [-0.3, -0.25) is 4.79 Å². The van der Waals surface area contributed by atoms with Gasteiger partial charge >= 0.3 is 0 Å². The predicted molar refractivity (Wildman–Crippen MR) is 88.4 cm³/mol. The number of hydrogen-bond donors (Lipinski definition) is 1. The molecular formula is C18H19NO3. The van der Waals surface area contributed by atoms with Gasteiger partial charge in [0, 0.05) is 17.3 Å². The summed E-state index contributed by atoms with van der Waals surface area (Å²) < 4.78 is 10.6. The van der Waals surface area contributed by atoms with Crippen LogP contribution in [0.25, 0.3) is 6.08 Å². The Kier molecular flexibility index (Phi) is 5.20. The molecule has 114 valence electrons. The minimum atomic E-state index is -0.195. The lowest BCUT2D eigenvalue weighted by Gasteiger charge is -2.10. The number of benzene rings is 2. The van der Waals surface area contributed by atoms with Crippen molar-refractivity contribution in [2.45, 2.75) is 6.92 Å². The first kappa shape index (κ1) is 15.6. The van der Waals surface area contributed by atoms with Gasteiger partial charge in [-0.25, -0.2) is 0 Å². The molecule has 22 heavy (non-hydrogen) atoms. The van der Waals surface area contributed by atoms with E-state index in [1.165, 1.54) is 6.08 Å². The maximum absolute atomic E-state index is 12.0. The van der Waals surface area contributed by atoms with Gasteiger partial charge < -0.3 is 14.8 Å². The van der Waals surface area contributed by atoms with Crippen LogP contribution in [0.15, 0.2) is 48.5 Å². The summed E-state index contributed by atoms with van der Waals surface area (Å²) in [4.78, 5) is 12.0. The van der Waals surface area contributed by atoms with E-state index in [2.05, 4.69) is 5.32 Å². The highest BCUT2D eigenvalue weighted by Gasteiger charge is 2.07. The quantitative estimate of drug-likeness (QED) is 0.857. The Bertz CT molecular complexity index is 692. The second kappa shape index (κ2) is 7.31. The molecule has 1 N–H and O–H groups in total. The number of nitrogens with one attached hydrogen (secondary N) is 1. The molecule has 2 rings (SSSR count). The van der Waals surface area contributed by atoms with Crippen LogP contribution in [-0.2, 0) is 4.79 Å². The number of para-hydroxylation sites is 2. The molecule has 0 fully saturated rings. The van der Waals surface area contributed by atoms with Crippen molar-refractivity contribution in [2.24, 2.45) is 0 Å². The molecule has 2 aromatic rings. The van der Waals surface area contributed by atoms with Gasteiger partial charge in [-0.2, -0.15) is 0 Å². The van der Waals surface area contributed by atoms with Gasteiger partial charge in [0.05, 0.1) is 14.2 Å². The van der Waals surface area contributed by atoms with E-state index >= 15 is 0 Å². The van der Waals surface area contributed by atoms with Gasteiger partial charge in [0.2, 0.25) is 5.91 Å². The standard InChI is InChI=1S/C18H19NO3/c1-13-7-4-5-9-15(13)19-17(20)12-11-14-8-6-10-16(21-2)18(14)22-3/h4-12H,1-3H3,(H,19,20). The van der Waals surface area contributed by atoms with Crippen LogP contribution in [0.1, 0.15) is 11.1 Å². The van der Waals surface area contributed by atoms with E-state index in [4.69, 9.17) is 9.47 Å². The summed E-state index contributed by atoms with van der Waals surface area (Å²) in [6, 6.07) is 13.2. The minimum Gasteiger partial charge on any atom is -0.493 e. The first-order valence-corrected chi connectivity index (χ1v) is 6.91. The molecule has 0 radical (unpaired) electrons. The van der Waals surface area contributed by atoms with Crippen LogP contribution < -0.4 is 14.8 Å². The highest BCUT2D eigenvalue weighted by Crippen LogP contribution is 2.31. The Balaban J connectivity index is 2.15. The second-order valence-electron chi connectivity index (χ2n) is 4.72. The molecule has 0 bridgehead atoms. The fourth-order valence-corrected chi connectivity index (χ4v) is 2.10. The Morgan fingerprint density at radius 3 is 2.50 bits per heavy atom. The molecule has 0 aliphatic carbocycles. The molecule has 1 amide bonds. The summed E-state index contributed by atoms with van der Waals surface area (Å²) in [5.74, 6) is 1.04. The number of carbonyl (C=O) groups is 1. The second-order valence-corrected chi connectivity index (χ2v) is 4.72. The summed E-state index contributed by atoms with van der Waals surface area (Å²) in [5, 5.41) is 2.85. The average Bonchev–Trinajstić information content (AvgIpc) is 2.54. The van der Waals surface area contributed by atoms with Crippen LogP contribution in [0.5, 0.6) is 11.5 Å². The third kappa shape index (κ3) is 3.67. The lowest BCUT2D eigenvalue weighted by atomic mass is 10.1. The third-order valence-corrected chi connectivity index (χ3v) is 3.25. The van der Waals surface area contributed by atoms with Gasteiger partial charge in [0.15, 0.2) is 11.5 Å². The first-order valence-electron chi connectivity index (χ1n) is 6.91. The monoisotopic (exact) mass is 297 g/mol. The molecule has 0 atom stereocenters. The van der Waals surface area contributed by atoms with Gasteiger partial charge in [0.1, 0.15) is 0 Å². The summed E-state index contributed by atoms with van der Waals surface area (Å²) in [6.45, 7) is 1.95. The van der Waals surface area contributed by atoms with Crippen LogP contribution in [0, 0.1) is 6.92 Å². The number of aryl methyl sites for hydroxylation is 1. The van der Waals surface area contributed by atoms with Crippen LogP contribution >= 0.6 is 0 Å². The highest BCUT2D eigenvalue weighted by atomic mass is 16.5. The molecule has 0 aliphatic rings. The molecule has 0 aromatic heterocycles. The van der Waals surface area contributed by atoms with Gasteiger partial charge in [0.25, 0.3) is 0 Å². The van der Waals surface area contributed by atoms with E-state index in [1.807, 2.05) is 49.4 Å². The fraction of sp³-hybridized carbons (Fsp3) is 0.167. The summed E-state index contributed by atoms with van der Waals surface area (Å²) in [5.41, 5.74) is 2.60. The molecular weight excluding hydrogens is 278 g/mol. The minimum absolute atomic E-state index is 0.195. The number of rotatable bonds is 5. The Morgan fingerprint density at radius 2 is 1.82 bits per heavy atom. The van der Waals surface area contributed by atoms with Crippen molar-refractivity contribution in [3.63, 3.8) is 0 Å². The molecule has 4 nitrogen and oxygen atoms in total. The van der Waals surface area contributed by atoms with Crippen molar-refractivity contribution in [2.75, 3.05) is 19.5 Å². The van der Waals surface area contributed by atoms with Crippen molar-refractivity contribution in [1.29, 1.82) is 0 Å².